The van der Waals surface area contributed by atoms with Gasteiger partial charge in [-0.25, -0.2) is 4.68 Å². The first-order chi connectivity index (χ1) is 12.8. The van der Waals surface area contributed by atoms with Crippen LogP contribution in [0.3, 0.4) is 0 Å². The highest BCUT2D eigenvalue weighted by molar-refractivity contribution is 7.19. The number of halogens is 1. The lowest BCUT2D eigenvalue weighted by Crippen LogP contribution is -1.92. The number of fused-ring (bicyclic) bond motifs is 1. The van der Waals surface area contributed by atoms with Gasteiger partial charge in [-0.3, -0.25) is 0 Å². The van der Waals surface area contributed by atoms with Crippen LogP contribution in [0.2, 0.25) is 5.02 Å². The quantitative estimate of drug-likeness (QED) is 0.468. The lowest BCUT2D eigenvalue weighted by atomic mass is 10.2. The second-order valence-electron chi connectivity index (χ2n) is 5.61. The molecule has 5 rings (SSSR count). The van der Waals surface area contributed by atoms with Crippen LogP contribution in [-0.4, -0.2) is 29.6 Å². The molecule has 0 radical (unpaired) electrons. The zero-order valence-corrected chi connectivity index (χ0v) is 14.9. The molecular formula is C18H11ClN6S. The van der Waals surface area contributed by atoms with E-state index < -0.39 is 0 Å². The Morgan fingerprint density at radius 1 is 0.923 bits per heavy atom. The molecule has 0 aliphatic carbocycles. The molecule has 0 saturated carbocycles. The van der Waals surface area contributed by atoms with Crippen LogP contribution in [0.1, 0.15) is 0 Å². The van der Waals surface area contributed by atoms with E-state index in [0.717, 1.165) is 21.8 Å². The first kappa shape index (κ1) is 15.2. The maximum Gasteiger partial charge on any atom is 0.235 e. The average molecular weight is 379 g/mol. The third-order valence-corrected chi connectivity index (χ3v) is 5.23. The zero-order valence-electron chi connectivity index (χ0n) is 13.3. The molecule has 0 amide bonds. The van der Waals surface area contributed by atoms with Crippen molar-refractivity contribution >= 4 is 27.9 Å². The number of nitrogens with zero attached hydrogens (tertiary/aromatic N) is 6. The van der Waals surface area contributed by atoms with Crippen molar-refractivity contribution in [2.24, 2.45) is 0 Å². The molecule has 0 aliphatic rings. The van der Waals surface area contributed by atoms with Gasteiger partial charge in [0.05, 0.1) is 22.5 Å². The van der Waals surface area contributed by atoms with Gasteiger partial charge in [-0.2, -0.15) is 14.7 Å². The van der Waals surface area contributed by atoms with E-state index >= 15 is 0 Å². The van der Waals surface area contributed by atoms with E-state index in [0.29, 0.717) is 15.8 Å². The second-order valence-corrected chi connectivity index (χ2v) is 6.98. The second kappa shape index (κ2) is 6.05. The predicted octanol–water partition coefficient (Wildman–Crippen LogP) is 4.36. The van der Waals surface area contributed by atoms with Gasteiger partial charge >= 0.3 is 0 Å². The number of aromatic nitrogens is 6. The van der Waals surface area contributed by atoms with Crippen molar-refractivity contribution in [1.82, 2.24) is 29.6 Å². The third-order valence-electron chi connectivity index (χ3n) is 3.96. The molecule has 0 atom stereocenters. The predicted molar refractivity (Wildman–Crippen MR) is 102 cm³/mol. The summed E-state index contributed by atoms with van der Waals surface area (Å²) in [6.45, 7) is 0. The first-order valence-corrected chi connectivity index (χ1v) is 9.07. The molecule has 0 aliphatic heterocycles. The Morgan fingerprint density at radius 3 is 2.58 bits per heavy atom. The van der Waals surface area contributed by atoms with Gasteiger partial charge in [-0.1, -0.05) is 53.3 Å². The Kier molecular flexibility index (Phi) is 3.55. The molecule has 0 bridgehead atoms. The molecule has 3 aromatic heterocycles. The molecule has 0 fully saturated rings. The Hall–Kier alpha value is -3.03. The molecular weight excluding hydrogens is 368 g/mol. The van der Waals surface area contributed by atoms with Gasteiger partial charge in [-0.15, -0.1) is 10.2 Å². The Bertz CT molecular complexity index is 1210. The molecule has 6 nitrogen and oxygen atoms in total. The summed E-state index contributed by atoms with van der Waals surface area (Å²) in [4.78, 5) is 0.711. The standard InChI is InChI=1S/C18H11ClN6S/c19-15-9-5-4-8-14(15)16-21-22-18-25(16)23-17(26-18)12-10-20-24(11-12)13-6-2-1-3-7-13/h1-11H. The van der Waals surface area contributed by atoms with Gasteiger partial charge < -0.3 is 0 Å². The zero-order chi connectivity index (χ0) is 17.5. The summed E-state index contributed by atoms with van der Waals surface area (Å²) in [6, 6.07) is 17.5. The van der Waals surface area contributed by atoms with Crippen molar-refractivity contribution < 1.29 is 0 Å². The van der Waals surface area contributed by atoms with Crippen molar-refractivity contribution in [3.8, 4) is 27.6 Å². The summed E-state index contributed by atoms with van der Waals surface area (Å²) in [5, 5.41) is 19.0. The fourth-order valence-electron chi connectivity index (χ4n) is 2.70. The van der Waals surface area contributed by atoms with Gasteiger partial charge in [0.1, 0.15) is 0 Å². The Labute approximate surface area is 157 Å². The van der Waals surface area contributed by atoms with Crippen molar-refractivity contribution in [1.29, 1.82) is 0 Å². The van der Waals surface area contributed by atoms with E-state index in [1.807, 2.05) is 65.5 Å². The minimum Gasteiger partial charge on any atom is -0.240 e. The molecule has 0 saturated heterocycles. The Balaban J connectivity index is 1.58. The van der Waals surface area contributed by atoms with Crippen LogP contribution >= 0.6 is 22.9 Å². The average Bonchev–Trinajstić information content (AvgIpc) is 3.38. The highest BCUT2D eigenvalue weighted by Gasteiger charge is 2.17. The molecule has 8 heteroatoms. The monoisotopic (exact) mass is 378 g/mol. The highest BCUT2D eigenvalue weighted by atomic mass is 35.5. The molecule has 5 aromatic rings. The number of benzene rings is 2. The molecule has 0 spiro atoms. The largest absolute Gasteiger partial charge is 0.240 e. The van der Waals surface area contributed by atoms with E-state index in [1.54, 1.807) is 10.7 Å². The van der Waals surface area contributed by atoms with Crippen LogP contribution in [0.25, 0.3) is 32.6 Å². The molecule has 0 N–H and O–H groups in total. The molecule has 126 valence electrons. The van der Waals surface area contributed by atoms with Crippen LogP contribution in [0.5, 0.6) is 0 Å². The molecule has 26 heavy (non-hydrogen) atoms. The first-order valence-electron chi connectivity index (χ1n) is 7.87. The van der Waals surface area contributed by atoms with Crippen LogP contribution in [0.4, 0.5) is 0 Å². The summed E-state index contributed by atoms with van der Waals surface area (Å²) < 4.78 is 3.55. The molecule has 0 unspecified atom stereocenters. The van der Waals surface area contributed by atoms with Crippen molar-refractivity contribution in [3.05, 3.63) is 72.0 Å². The normalized spacial score (nSPS) is 11.3. The van der Waals surface area contributed by atoms with Crippen LogP contribution < -0.4 is 0 Å². The van der Waals surface area contributed by atoms with Crippen molar-refractivity contribution in [2.75, 3.05) is 0 Å². The summed E-state index contributed by atoms with van der Waals surface area (Å²) in [5.41, 5.74) is 2.73. The van der Waals surface area contributed by atoms with E-state index in [1.165, 1.54) is 11.3 Å². The van der Waals surface area contributed by atoms with E-state index in [2.05, 4.69) is 20.4 Å². The summed E-state index contributed by atoms with van der Waals surface area (Å²) >= 11 is 7.75. The molecule has 3 heterocycles. The van der Waals surface area contributed by atoms with Crippen molar-refractivity contribution in [2.45, 2.75) is 0 Å². The maximum atomic E-state index is 6.29. The number of hydrogen-bond acceptors (Lipinski definition) is 5. The SMILES string of the molecule is Clc1ccccc1-c1nnc2sc(-c3cnn(-c4ccccc4)c3)nn12. The number of hydrogen-bond donors (Lipinski definition) is 0. The lowest BCUT2D eigenvalue weighted by molar-refractivity contribution is 0.880. The fraction of sp³-hybridized carbons (Fsp3) is 0. The van der Waals surface area contributed by atoms with Gasteiger partial charge in [0.2, 0.25) is 4.96 Å². The molecule has 2 aromatic carbocycles. The topological polar surface area (TPSA) is 60.9 Å². The van der Waals surface area contributed by atoms with E-state index in [-0.39, 0.29) is 0 Å². The minimum absolute atomic E-state index is 0.619. The lowest BCUT2D eigenvalue weighted by Gasteiger charge is -1.99. The van der Waals surface area contributed by atoms with Gasteiger partial charge in [0, 0.05) is 11.8 Å². The van der Waals surface area contributed by atoms with E-state index in [9.17, 15) is 0 Å². The van der Waals surface area contributed by atoms with Crippen LogP contribution in [0.15, 0.2) is 67.0 Å². The highest BCUT2D eigenvalue weighted by Crippen LogP contribution is 2.30. The maximum absolute atomic E-state index is 6.29. The summed E-state index contributed by atoms with van der Waals surface area (Å²) in [6.07, 6.45) is 3.75. The van der Waals surface area contributed by atoms with Gasteiger partial charge in [0.25, 0.3) is 0 Å². The summed E-state index contributed by atoms with van der Waals surface area (Å²) in [5.74, 6) is 0.628. The minimum atomic E-state index is 0.619. The van der Waals surface area contributed by atoms with Crippen molar-refractivity contribution in [3.63, 3.8) is 0 Å². The number of para-hydroxylation sites is 1. The van der Waals surface area contributed by atoms with Gasteiger partial charge in [0.15, 0.2) is 10.8 Å². The smallest absolute Gasteiger partial charge is 0.235 e. The van der Waals surface area contributed by atoms with Crippen LogP contribution in [0, 0.1) is 0 Å². The van der Waals surface area contributed by atoms with E-state index in [4.69, 9.17) is 11.6 Å². The Morgan fingerprint density at radius 2 is 1.73 bits per heavy atom. The number of rotatable bonds is 3. The van der Waals surface area contributed by atoms with Gasteiger partial charge in [-0.05, 0) is 24.3 Å². The fourth-order valence-corrected chi connectivity index (χ4v) is 3.73. The third kappa shape index (κ3) is 2.49. The van der Waals surface area contributed by atoms with Crippen LogP contribution in [-0.2, 0) is 0 Å². The summed E-state index contributed by atoms with van der Waals surface area (Å²) in [7, 11) is 0.